The van der Waals surface area contributed by atoms with Crippen LogP contribution in [0.25, 0.3) is 0 Å². The topological polar surface area (TPSA) is 272 Å². The number of nitrogens with one attached hydrogen (secondary N) is 6. The molecule has 16 N–H and O–H groups in total. The maximum Gasteiger partial charge on any atom is 0.333 e. The average Bonchev–Trinajstić information content (AvgIpc) is 1.80. The first-order chi connectivity index (χ1) is 59.0. The first kappa shape index (κ1) is 229. The largest absolute Gasteiger partial charge is 0.458 e. The molecule has 2 saturated heterocycles. The summed E-state index contributed by atoms with van der Waals surface area (Å²) in [6, 6.07) is 31.4. The van der Waals surface area contributed by atoms with Crippen LogP contribution in [0.2, 0.25) is 131 Å². The van der Waals surface area contributed by atoms with Gasteiger partial charge in [0, 0.05) is 120 Å². The van der Waals surface area contributed by atoms with E-state index in [4.69, 9.17) is 46.6 Å². The molecule has 0 bridgehead atoms. The molecule has 0 saturated carbocycles. The number of nitrogens with two attached hydrogens (primary N) is 5. The number of carbonyl (C=O) groups is 1. The molecule has 2 aliphatic rings. The van der Waals surface area contributed by atoms with Crippen LogP contribution in [0.4, 0.5) is 5.69 Å². The van der Waals surface area contributed by atoms with Gasteiger partial charge in [-0.05, 0) is 63.2 Å². The number of anilines is 1. The van der Waals surface area contributed by atoms with Gasteiger partial charge in [-0.3, -0.25) is 0 Å². The van der Waals surface area contributed by atoms with E-state index < -0.39 is 79.2 Å². The smallest absolute Gasteiger partial charge is 0.333 e. The lowest BCUT2D eigenvalue weighted by molar-refractivity contribution is -0.137. The summed E-state index contributed by atoms with van der Waals surface area (Å²) in [5.41, 5.74) is 54.9. The lowest BCUT2D eigenvalue weighted by Gasteiger charge is -2.02. The van der Waals surface area contributed by atoms with E-state index in [1.165, 1.54) is 23.9 Å². The van der Waals surface area contributed by atoms with E-state index in [9.17, 15) is 4.79 Å². The number of rotatable bonds is 48. The Morgan fingerprint density at radius 3 is 0.877 bits per heavy atom. The van der Waals surface area contributed by atoms with Gasteiger partial charge in [-0.1, -0.05) is 478 Å². The number of hydrogen-bond donors (Lipinski definition) is 13. The van der Waals surface area contributed by atoms with Crippen LogP contribution in [0.3, 0.4) is 0 Å². The zero-order valence-electron chi connectivity index (χ0n) is 82.2. The Bertz CT molecular complexity index is 2870. The summed E-state index contributed by atoms with van der Waals surface area (Å²) in [6.45, 7) is 70.7. The molecule has 146 heavy (non-hydrogen) atoms. The van der Waals surface area contributed by atoms with Crippen molar-refractivity contribution in [2.45, 2.75) is 347 Å². The second-order valence-electron chi connectivity index (χ2n) is 31.3. The monoisotopic (exact) mass is 2300 g/mol. The molecule has 2 fully saturated rings. The maximum atomic E-state index is 10.8. The van der Waals surface area contributed by atoms with E-state index in [0.717, 1.165) is 149 Å². The van der Waals surface area contributed by atoms with Crippen molar-refractivity contribution in [1.82, 2.24) is 26.6 Å². The summed E-state index contributed by atoms with van der Waals surface area (Å²) in [6.07, 6.45) is 26.7. The first-order valence-electron chi connectivity index (χ1n) is 45.5. The van der Waals surface area contributed by atoms with Crippen molar-refractivity contribution in [1.29, 1.82) is 0 Å². The Balaban J connectivity index is -0.0000000338. The summed E-state index contributed by atoms with van der Waals surface area (Å²) in [7, 11) is -2.78. The Labute approximate surface area is 957 Å². The predicted molar refractivity (Wildman–Crippen MR) is 755 cm³/mol. The second-order valence-corrected chi connectivity index (χ2v) is 60.4. The zero-order chi connectivity index (χ0) is 94.3. The van der Waals surface area contributed by atoms with Crippen LogP contribution in [-0.2, 0) is 41.4 Å². The quantitative estimate of drug-likeness (QED) is 0.00476. The molecule has 2 atom stereocenters. The molecule has 2 unspecified atom stereocenters. The highest BCUT2D eigenvalue weighted by atomic mass is 32.1. The third-order valence-electron chi connectivity index (χ3n) is 14.4. The van der Waals surface area contributed by atoms with E-state index >= 15 is 0 Å². The summed E-state index contributed by atoms with van der Waals surface area (Å²) >= 11 is 7.98. The van der Waals surface area contributed by atoms with Gasteiger partial charge in [0.25, 0.3) is 0 Å². The van der Waals surface area contributed by atoms with Crippen LogP contribution in [0.1, 0.15) is 202 Å². The highest BCUT2D eigenvalue weighted by Crippen LogP contribution is 2.09. The van der Waals surface area contributed by atoms with Gasteiger partial charge in [0.1, 0.15) is 18.8 Å². The number of hydrogen-bond acceptors (Lipinski definition) is 19. The van der Waals surface area contributed by atoms with E-state index in [0.29, 0.717) is 31.1 Å². The van der Waals surface area contributed by atoms with Crippen molar-refractivity contribution in [3.8, 4) is 0 Å². The Morgan fingerprint density at radius 2 is 0.630 bits per heavy atom. The molecule has 2 aliphatic heterocycles. The molecular formula is C116H283N11O6S2Si11. The Hall–Kier alpha value is -3.66. The molecule has 894 valence electrons. The molecule has 5 rings (SSSR count). The number of esters is 1. The van der Waals surface area contributed by atoms with Gasteiger partial charge in [-0.15, -0.1) is 45.6 Å². The summed E-state index contributed by atoms with van der Waals surface area (Å²) in [4.78, 5) is 10.8. The molecule has 0 radical (unpaired) electrons. The second kappa shape index (κ2) is 195. The number of carbonyl (C=O) groups excluding carboxylic acids is 1. The maximum absolute atomic E-state index is 10.8. The van der Waals surface area contributed by atoms with Crippen molar-refractivity contribution >= 4 is 135 Å². The van der Waals surface area contributed by atoms with Gasteiger partial charge >= 0.3 is 5.97 Å². The van der Waals surface area contributed by atoms with Crippen molar-refractivity contribution < 1.29 is 28.5 Å². The third kappa shape index (κ3) is 250. The fraction of sp³-hybridized carbons (Fsp3) is 0.629. The van der Waals surface area contributed by atoms with Gasteiger partial charge in [0.2, 0.25) is 0 Å². The fourth-order valence-electron chi connectivity index (χ4n) is 8.05. The highest BCUT2D eigenvalue weighted by molar-refractivity contribution is 7.80. The molecule has 0 amide bonds. The number of thiol groups is 2. The van der Waals surface area contributed by atoms with Crippen LogP contribution in [0.15, 0.2) is 233 Å². The van der Waals surface area contributed by atoms with Crippen LogP contribution in [0, 0.1) is 0 Å². The van der Waals surface area contributed by atoms with Crippen LogP contribution in [0.5, 0.6) is 0 Å². The summed E-state index contributed by atoms with van der Waals surface area (Å²) < 4.78 is 25.5. The molecule has 30 heteroatoms. The molecular weight excluding hydrogens is 2020 g/mol. The minimum atomic E-state index is -0.652. The highest BCUT2D eigenvalue weighted by Gasteiger charge is 2.22. The molecule has 2 heterocycles. The molecule has 0 aromatic heterocycles. The molecule has 17 nitrogen and oxygen atoms in total. The van der Waals surface area contributed by atoms with Gasteiger partial charge in [-0.2, -0.15) is 25.3 Å². The molecule has 0 aliphatic carbocycles. The van der Waals surface area contributed by atoms with Crippen molar-refractivity contribution in [3.05, 3.63) is 244 Å². The minimum Gasteiger partial charge on any atom is -0.458 e. The van der Waals surface area contributed by atoms with Crippen molar-refractivity contribution in [2.75, 3.05) is 155 Å². The number of benzene rings is 3. The molecule has 3 aromatic rings. The average molecular weight is 2300 g/mol. The molecule has 3 aromatic carbocycles. The SMILES string of the molecule is C.C.C.C.C.C.C.C.C.C.C.C.C.C.C.C.C.C.C.C.C.C.C.C=C(C)C(=O)OCC=C[SiH](C)C.CCCN.CN.C[SiH2]C=CCS.C[SiH2]C=CCS.C[SiH](C)C=CCNCCN.C[SiH](C)C=CCNCCN.C[SiH](C)C=CCNCCc1ccccc1.C[SiH](C)C=CCNCN.C[SiH](C)C=CCNCc1ccccc1.C[SiH](C)C=CCNc1ccccc1.C[SiH](C)C=CCOCC1CO1.C[SiH](C)C=CCOCC1CO1. The Morgan fingerprint density at radius 1 is 0.377 bits per heavy atom. The number of epoxide rings is 2. The number of para-hydroxylation sites is 1. The van der Waals surface area contributed by atoms with Crippen LogP contribution < -0.4 is 60.6 Å². The standard InChI is InChI=1S/C13H21NSi.C12H19NSi.C11H17NSi.C9H16O2Si.2C8H16O2Si.2C7H18N2Si.C6H16N2Si.2C4H10SSi.C3H9N.CH5N.23CH4/c1-15(2)12-6-10-14-11-9-13-7-4-3-5-8-13;1-14(2)10-6-9-13-11-12-7-4-3-5-8-12;1-13(2)10-6-9-12-11-7-4-3-5-8-11;1-8(2)9(10)11-6-5-7-12(3)4;2*1-11(2)5-3-4-9-6-8-7-10-8;2*1-10(2)7-3-5-9-6-4-8;1-9(2)5-3-4-8-6-7;2*1-6-4-2-3-5;1-2-3-4;1-2;;;;;;;;;;;;;;;;;;;;;;;/h3-8,12,14-15H,9-11H2,1-2H3;3-8,10,13-14H,9,11H2,1-2H3;3-8,10,12-13H,9H2,1-2H3;5,7,12H,1,6H2,2-4H3;2*3,5,8,11H,4,6-7H2,1-2H3;2*3,7,9-10H,4-6,8H2,1-2H3;3,5,8-9H,4,6-7H2,1-2H3;2*2,4-5H,3,6H2,1H3;2-4H2,1H3;2H2,1H3;23*1H4. The lowest BCUT2D eigenvalue weighted by atomic mass is 10.1. The van der Waals surface area contributed by atoms with E-state index in [2.05, 4.69) is 398 Å². The van der Waals surface area contributed by atoms with Crippen molar-refractivity contribution in [3.63, 3.8) is 0 Å². The van der Waals surface area contributed by atoms with Gasteiger partial charge < -0.3 is 84.3 Å². The zero-order valence-corrected chi connectivity index (χ0v) is 97.3. The number of ether oxygens (including phenoxy) is 5. The fourth-order valence-corrected chi connectivity index (χ4v) is 16.0. The van der Waals surface area contributed by atoms with Crippen LogP contribution in [-0.4, -0.2) is 266 Å². The van der Waals surface area contributed by atoms with Crippen molar-refractivity contribution in [2.24, 2.45) is 28.7 Å². The predicted octanol–water partition coefficient (Wildman–Crippen LogP) is 27.3. The Kier molecular flexibility index (Phi) is 307. The normalized spacial score (nSPS) is 11.2. The van der Waals surface area contributed by atoms with Gasteiger partial charge in [-0.25, -0.2) is 4.79 Å². The van der Waals surface area contributed by atoms with E-state index in [1.807, 2.05) is 30.3 Å². The third-order valence-corrected chi connectivity index (χ3v) is 25.8. The lowest BCUT2D eigenvalue weighted by Crippen LogP contribution is -2.22. The first-order valence-corrected chi connectivity index (χ1v) is 78.1. The van der Waals surface area contributed by atoms with E-state index in [-0.39, 0.29) is 196 Å². The minimum absolute atomic E-state index is 0. The summed E-state index contributed by atoms with van der Waals surface area (Å²) in [5.74, 6) is 1.49. The van der Waals surface area contributed by atoms with Gasteiger partial charge in [0.05, 0.1) is 119 Å². The molecule has 0 spiro atoms. The van der Waals surface area contributed by atoms with Gasteiger partial charge in [0.15, 0.2) is 0 Å². The summed E-state index contributed by atoms with van der Waals surface area (Å²) in [5, 5.41) is 19.6. The van der Waals surface area contributed by atoms with Crippen LogP contribution >= 0.6 is 25.3 Å². The van der Waals surface area contributed by atoms with E-state index in [1.54, 1.807) is 6.92 Å².